The number of rotatable bonds is 7. The summed E-state index contributed by atoms with van der Waals surface area (Å²) in [5.74, 6) is -0.238. The molecule has 1 aliphatic carbocycles. The Hall–Kier alpha value is -5.61. The van der Waals surface area contributed by atoms with E-state index in [1.54, 1.807) is 37.3 Å². The predicted octanol–water partition coefficient (Wildman–Crippen LogP) is 4.38. The van der Waals surface area contributed by atoms with Crippen LogP contribution in [0.1, 0.15) is 13.3 Å². The molecule has 4 heterocycles. The van der Waals surface area contributed by atoms with Crippen LogP contribution < -0.4 is 27.3 Å². The van der Waals surface area contributed by atoms with E-state index in [0.29, 0.717) is 5.75 Å². The quantitative estimate of drug-likeness (QED) is 0.181. The highest BCUT2D eigenvalue weighted by molar-refractivity contribution is 8.00. The lowest BCUT2D eigenvalue weighted by Crippen LogP contribution is -2.75. The number of thioether (sulfide) groups is 1. The summed E-state index contributed by atoms with van der Waals surface area (Å²) in [7, 11) is -3.26. The zero-order valence-electron chi connectivity index (χ0n) is 27.5. The largest absolute Gasteiger partial charge is 0.465 e. The monoisotopic (exact) mass is 710 g/mol. The van der Waals surface area contributed by atoms with Crippen LogP contribution in [0, 0.1) is 28.1 Å². The highest BCUT2D eigenvalue weighted by Gasteiger charge is 2.79. The second-order valence-electron chi connectivity index (χ2n) is 12.6. The van der Waals surface area contributed by atoms with Crippen molar-refractivity contribution in [3.8, 4) is 17.8 Å². The van der Waals surface area contributed by atoms with Crippen molar-refractivity contribution in [3.63, 3.8) is 0 Å². The third-order valence-corrected chi connectivity index (χ3v) is 15.5. The number of hydrogen-bond donors (Lipinski definition) is 0. The first kappa shape index (κ1) is 32.6. The number of nitriles is 2. The Kier molecular flexibility index (Phi) is 7.68. The van der Waals surface area contributed by atoms with E-state index in [2.05, 4.69) is 12.1 Å². The van der Waals surface area contributed by atoms with Gasteiger partial charge in [-0.05, 0) is 37.3 Å². The predicted molar refractivity (Wildman–Crippen MR) is 197 cm³/mol. The van der Waals surface area contributed by atoms with Crippen LogP contribution in [0.5, 0.6) is 0 Å². The van der Waals surface area contributed by atoms with Crippen LogP contribution in [0.25, 0.3) is 5.69 Å². The summed E-state index contributed by atoms with van der Waals surface area (Å²) in [6.07, 6.45) is 1.70. The number of carbonyl (C=O) groups excluding carboxylic acids is 1. The number of hydrogen-bond acceptors (Lipinski definition) is 8. The highest BCUT2D eigenvalue weighted by atomic mass is 32.2. The second kappa shape index (κ2) is 12.0. The molecule has 1 aromatic heterocycles. The zero-order chi connectivity index (χ0) is 35.4. The number of ether oxygens (including phenoxy) is 1. The van der Waals surface area contributed by atoms with Crippen molar-refractivity contribution >= 4 is 40.7 Å². The van der Waals surface area contributed by atoms with E-state index in [1.807, 2.05) is 91.0 Å². The minimum absolute atomic E-state index is 0.0332. The third kappa shape index (κ3) is 4.11. The Balaban J connectivity index is 1.68. The second-order valence-corrected chi connectivity index (χ2v) is 16.8. The van der Waals surface area contributed by atoms with Crippen molar-refractivity contribution in [2.75, 3.05) is 12.4 Å². The van der Waals surface area contributed by atoms with Gasteiger partial charge in [-0.1, -0.05) is 109 Å². The van der Waals surface area contributed by atoms with Gasteiger partial charge in [-0.2, -0.15) is 27.0 Å². The Bertz CT molecular complexity index is 2380. The average Bonchev–Trinajstić information content (AvgIpc) is 3.77. The summed E-state index contributed by atoms with van der Waals surface area (Å²) in [5.41, 5.74) is -7.03. The fourth-order valence-corrected chi connectivity index (χ4v) is 13.9. The van der Waals surface area contributed by atoms with Crippen molar-refractivity contribution in [2.24, 2.45) is 10.2 Å². The van der Waals surface area contributed by atoms with Crippen LogP contribution in [0.15, 0.2) is 147 Å². The lowest BCUT2D eigenvalue weighted by molar-refractivity contribution is -0.168. The van der Waals surface area contributed by atoms with E-state index in [-0.39, 0.29) is 24.3 Å². The molecule has 51 heavy (non-hydrogen) atoms. The minimum Gasteiger partial charge on any atom is -0.465 e. The summed E-state index contributed by atoms with van der Waals surface area (Å²) in [6, 6.07) is 42.1. The topological polar surface area (TPSA) is 135 Å². The standard InChI is InChI=1S/C39H31N6O4PS/c1-2-49-34(46)37-23-24-51-33(37)38(27-41)28(26-40)25-39(37,45-36(48)43(35(47)44(38)45)29-15-7-3-8-16-29)42-50(30-17-9-4-10-18-30,31-19-11-5-12-20-31)32-21-13-6-14-22-32/h3-22,25,33H,2,23-24H2,1H3. The Labute approximate surface area is 297 Å². The molecule has 4 atom stereocenters. The van der Waals surface area contributed by atoms with Crippen molar-refractivity contribution in [2.45, 2.75) is 29.8 Å². The van der Waals surface area contributed by atoms with E-state index in [9.17, 15) is 20.1 Å². The molecular weight excluding hydrogens is 680 g/mol. The number of aromatic nitrogens is 3. The first-order valence-corrected chi connectivity index (χ1v) is 19.3. The first-order valence-electron chi connectivity index (χ1n) is 16.5. The van der Waals surface area contributed by atoms with E-state index < -0.39 is 46.3 Å². The van der Waals surface area contributed by atoms with E-state index in [4.69, 9.17) is 9.48 Å². The highest BCUT2D eigenvalue weighted by Crippen LogP contribution is 2.69. The molecule has 10 nitrogen and oxygen atoms in total. The molecule has 4 aliphatic rings. The molecule has 3 aliphatic heterocycles. The maximum atomic E-state index is 15.2. The van der Waals surface area contributed by atoms with Crippen molar-refractivity contribution in [1.82, 2.24) is 13.9 Å². The van der Waals surface area contributed by atoms with Gasteiger partial charge in [0.2, 0.25) is 0 Å². The minimum atomic E-state index is -3.26. The Morgan fingerprint density at radius 1 is 0.843 bits per heavy atom. The van der Waals surface area contributed by atoms with Crippen molar-refractivity contribution in [1.29, 1.82) is 10.5 Å². The van der Waals surface area contributed by atoms with Crippen LogP contribution in [0.2, 0.25) is 0 Å². The fraction of sp³-hybridized carbons (Fsp3) is 0.205. The van der Waals surface area contributed by atoms with Gasteiger partial charge >= 0.3 is 17.3 Å². The van der Waals surface area contributed by atoms with Gasteiger partial charge in [0, 0.05) is 15.9 Å². The maximum Gasteiger partial charge on any atom is 0.354 e. The number of carbonyl (C=O) groups is 1. The summed E-state index contributed by atoms with van der Waals surface area (Å²) < 4.78 is 15.2. The molecule has 4 aromatic carbocycles. The summed E-state index contributed by atoms with van der Waals surface area (Å²) in [6.45, 7) is 1.74. The van der Waals surface area contributed by atoms with Gasteiger partial charge in [0.05, 0.1) is 42.3 Å². The fourth-order valence-electron chi connectivity index (χ4n) is 8.21. The van der Waals surface area contributed by atoms with E-state index in [1.165, 1.54) is 22.5 Å². The molecule has 1 fully saturated rings. The number of benzene rings is 4. The summed E-state index contributed by atoms with van der Waals surface area (Å²) >= 11 is 1.33. The smallest absolute Gasteiger partial charge is 0.354 e. The van der Waals surface area contributed by atoms with Gasteiger partial charge in [-0.3, -0.25) is 9.54 Å². The SMILES string of the molecule is CCOC(=O)C12CCSC1C1(C#N)C(C#N)=CC2(N=P(c2ccccc2)(c2ccccc2)c2ccccc2)n2c(=O)n(-c3ccccc3)c(=O)n21. The van der Waals surface area contributed by atoms with Crippen LogP contribution in [-0.4, -0.2) is 37.5 Å². The van der Waals surface area contributed by atoms with E-state index >= 15 is 4.79 Å². The molecule has 0 N–H and O–H groups in total. The molecule has 5 aromatic rings. The van der Waals surface area contributed by atoms with Gasteiger partial charge in [-0.25, -0.2) is 18.8 Å². The molecule has 1 saturated heterocycles. The molecule has 0 amide bonds. The van der Waals surface area contributed by atoms with Crippen LogP contribution in [0.3, 0.4) is 0 Å². The average molecular weight is 711 g/mol. The lowest BCUT2D eigenvalue weighted by Gasteiger charge is -2.58. The van der Waals surface area contributed by atoms with E-state index in [0.717, 1.165) is 25.2 Å². The first-order chi connectivity index (χ1) is 24.9. The molecule has 252 valence electrons. The Morgan fingerprint density at radius 3 is 1.84 bits per heavy atom. The van der Waals surface area contributed by atoms with Crippen LogP contribution >= 0.6 is 18.8 Å². The van der Waals surface area contributed by atoms with Gasteiger partial charge in [-0.15, -0.1) is 0 Å². The number of allylic oxidation sites excluding steroid dienone is 1. The van der Waals surface area contributed by atoms with Crippen LogP contribution in [0.4, 0.5) is 0 Å². The normalized spacial score (nSPS) is 24.4. The summed E-state index contributed by atoms with van der Waals surface area (Å²) in [5, 5.41) is 23.6. The number of nitrogens with zero attached hydrogens (tertiary/aromatic N) is 6. The number of esters is 1. The summed E-state index contributed by atoms with van der Waals surface area (Å²) in [4.78, 5) is 44.9. The number of para-hydroxylation sites is 1. The van der Waals surface area contributed by atoms with Gasteiger partial charge in [0.1, 0.15) is 5.41 Å². The molecule has 0 radical (unpaired) electrons. The third-order valence-electron chi connectivity index (χ3n) is 10.3. The van der Waals surface area contributed by atoms with Gasteiger partial charge in [0.15, 0.2) is 11.2 Å². The van der Waals surface area contributed by atoms with Gasteiger partial charge < -0.3 is 4.74 Å². The van der Waals surface area contributed by atoms with Crippen LogP contribution in [-0.2, 0) is 20.7 Å². The molecule has 0 spiro atoms. The maximum absolute atomic E-state index is 15.2. The van der Waals surface area contributed by atoms with Crippen molar-refractivity contribution in [3.05, 3.63) is 154 Å². The lowest BCUT2D eigenvalue weighted by atomic mass is 9.58. The molecule has 12 heteroatoms. The molecule has 4 unspecified atom stereocenters. The molecule has 9 rings (SSSR count). The van der Waals surface area contributed by atoms with Gasteiger partial charge in [0.25, 0.3) is 0 Å². The molecular formula is C39H31N6O4PS. The molecule has 0 saturated carbocycles. The molecule has 2 bridgehead atoms. The zero-order valence-corrected chi connectivity index (χ0v) is 29.2. The van der Waals surface area contributed by atoms with Crippen molar-refractivity contribution < 1.29 is 9.53 Å². The Morgan fingerprint density at radius 2 is 1.35 bits per heavy atom.